The van der Waals surface area contributed by atoms with Gasteiger partial charge in [0.2, 0.25) is 5.91 Å². The van der Waals surface area contributed by atoms with E-state index in [1.54, 1.807) is 62.4 Å². The molecule has 2 amide bonds. The van der Waals surface area contributed by atoms with E-state index in [4.69, 9.17) is 4.74 Å². The normalized spacial score (nSPS) is 10.2. The average molecular weight is 370 g/mol. The van der Waals surface area contributed by atoms with Crippen molar-refractivity contribution in [2.45, 2.75) is 13.8 Å². The summed E-state index contributed by atoms with van der Waals surface area (Å²) in [7, 11) is 1.30. The van der Waals surface area contributed by atoms with Crippen LogP contribution in [0.5, 0.6) is 5.75 Å². The number of carbonyl (C=O) groups excluding carboxylic acids is 3. The molecule has 0 atom stereocenters. The van der Waals surface area contributed by atoms with E-state index in [1.165, 1.54) is 7.11 Å². The lowest BCUT2D eigenvalue weighted by molar-refractivity contribution is -0.119. The van der Waals surface area contributed by atoms with Crippen LogP contribution in [-0.2, 0) is 14.3 Å². The lowest BCUT2D eigenvalue weighted by Crippen LogP contribution is -2.20. The van der Waals surface area contributed by atoms with Gasteiger partial charge in [0.1, 0.15) is 5.75 Å². The Bertz CT molecular complexity index is 815. The van der Waals surface area contributed by atoms with Gasteiger partial charge in [-0.2, -0.15) is 0 Å². The van der Waals surface area contributed by atoms with Gasteiger partial charge < -0.3 is 20.1 Å². The fraction of sp³-hybridized carbons (Fsp3) is 0.250. The van der Waals surface area contributed by atoms with Gasteiger partial charge in [0, 0.05) is 23.4 Å². The van der Waals surface area contributed by atoms with Gasteiger partial charge in [-0.3, -0.25) is 9.59 Å². The minimum atomic E-state index is -0.444. The maximum atomic E-state index is 12.0. The van der Waals surface area contributed by atoms with Crippen molar-refractivity contribution >= 4 is 29.2 Å². The molecule has 0 aliphatic heterocycles. The molecule has 7 nitrogen and oxygen atoms in total. The average Bonchev–Trinajstić information content (AvgIpc) is 2.66. The molecule has 0 spiro atoms. The summed E-state index contributed by atoms with van der Waals surface area (Å²) < 4.78 is 10.1. The van der Waals surface area contributed by atoms with E-state index in [0.717, 1.165) is 0 Å². The Hall–Kier alpha value is -3.35. The summed E-state index contributed by atoms with van der Waals surface area (Å²) in [5.41, 5.74) is 1.53. The predicted octanol–water partition coefficient (Wildman–Crippen LogP) is 3.09. The molecule has 0 heterocycles. The van der Waals surface area contributed by atoms with E-state index in [0.29, 0.717) is 22.7 Å². The summed E-state index contributed by atoms with van der Waals surface area (Å²) in [4.78, 5) is 35.1. The van der Waals surface area contributed by atoms with E-state index in [-0.39, 0.29) is 24.3 Å². The third-order valence-corrected chi connectivity index (χ3v) is 3.59. The summed E-state index contributed by atoms with van der Waals surface area (Å²) in [6, 6.07) is 13.2. The standard InChI is InChI=1S/C20H22N2O5/c1-13(2)19(24)22-16-5-4-6-17(11-16)27-12-18(23)21-15-9-7-14(8-10-15)20(25)26-3/h4-11,13H,12H2,1-3H3,(H,21,23)(H,22,24). The SMILES string of the molecule is COC(=O)c1ccc(NC(=O)COc2cccc(NC(=O)C(C)C)c2)cc1. The van der Waals surface area contributed by atoms with Crippen molar-refractivity contribution in [3.63, 3.8) is 0 Å². The number of hydrogen-bond donors (Lipinski definition) is 2. The Balaban J connectivity index is 1.88. The van der Waals surface area contributed by atoms with Crippen LogP contribution in [0.2, 0.25) is 0 Å². The first kappa shape index (κ1) is 20.0. The summed E-state index contributed by atoms with van der Waals surface area (Å²) in [6.07, 6.45) is 0. The number of hydrogen-bond acceptors (Lipinski definition) is 5. The molecular weight excluding hydrogens is 348 g/mol. The maximum absolute atomic E-state index is 12.0. The Morgan fingerprint density at radius 2 is 1.67 bits per heavy atom. The van der Waals surface area contributed by atoms with Gasteiger partial charge in [-0.25, -0.2) is 4.79 Å². The highest BCUT2D eigenvalue weighted by molar-refractivity contribution is 5.94. The van der Waals surface area contributed by atoms with E-state index < -0.39 is 5.97 Å². The van der Waals surface area contributed by atoms with Crippen molar-refractivity contribution < 1.29 is 23.9 Å². The van der Waals surface area contributed by atoms with Crippen LogP contribution < -0.4 is 15.4 Å². The number of esters is 1. The minimum absolute atomic E-state index is 0.0969. The van der Waals surface area contributed by atoms with Gasteiger partial charge in [0.15, 0.2) is 6.61 Å². The molecule has 0 aliphatic carbocycles. The highest BCUT2D eigenvalue weighted by Crippen LogP contribution is 2.18. The molecule has 0 bridgehead atoms. The van der Waals surface area contributed by atoms with Crippen LogP contribution in [-0.4, -0.2) is 31.5 Å². The smallest absolute Gasteiger partial charge is 0.337 e. The molecular formula is C20H22N2O5. The summed E-state index contributed by atoms with van der Waals surface area (Å²) in [5, 5.41) is 5.44. The fourth-order valence-electron chi connectivity index (χ4n) is 2.10. The number of amides is 2. The Labute approximate surface area is 157 Å². The molecule has 2 aromatic carbocycles. The number of methoxy groups -OCH3 is 1. The van der Waals surface area contributed by atoms with Gasteiger partial charge in [-0.1, -0.05) is 19.9 Å². The van der Waals surface area contributed by atoms with E-state index in [9.17, 15) is 14.4 Å². The topological polar surface area (TPSA) is 93.7 Å². The third-order valence-electron chi connectivity index (χ3n) is 3.59. The van der Waals surface area contributed by atoms with E-state index in [1.807, 2.05) is 0 Å². The van der Waals surface area contributed by atoms with Crippen molar-refractivity contribution in [1.29, 1.82) is 0 Å². The zero-order chi connectivity index (χ0) is 19.8. The first-order valence-electron chi connectivity index (χ1n) is 8.41. The van der Waals surface area contributed by atoms with Crippen LogP contribution >= 0.6 is 0 Å². The molecule has 0 unspecified atom stereocenters. The molecule has 0 saturated heterocycles. The number of nitrogens with one attached hydrogen (secondary N) is 2. The monoisotopic (exact) mass is 370 g/mol. The van der Waals surface area contributed by atoms with Crippen molar-refractivity contribution in [3.8, 4) is 5.75 Å². The van der Waals surface area contributed by atoms with Gasteiger partial charge in [0.05, 0.1) is 12.7 Å². The molecule has 7 heteroatoms. The van der Waals surface area contributed by atoms with Crippen molar-refractivity contribution in [2.24, 2.45) is 5.92 Å². The molecule has 0 saturated carbocycles. The molecule has 142 valence electrons. The predicted molar refractivity (Wildman–Crippen MR) is 102 cm³/mol. The Kier molecular flexibility index (Phi) is 6.93. The number of benzene rings is 2. The van der Waals surface area contributed by atoms with Crippen molar-refractivity contribution in [2.75, 3.05) is 24.4 Å². The van der Waals surface area contributed by atoms with Gasteiger partial charge in [0.25, 0.3) is 5.91 Å². The van der Waals surface area contributed by atoms with Gasteiger partial charge in [-0.05, 0) is 36.4 Å². The van der Waals surface area contributed by atoms with Gasteiger partial charge in [-0.15, -0.1) is 0 Å². The maximum Gasteiger partial charge on any atom is 0.337 e. The first-order valence-corrected chi connectivity index (χ1v) is 8.41. The third kappa shape index (κ3) is 6.14. The zero-order valence-corrected chi connectivity index (χ0v) is 15.4. The van der Waals surface area contributed by atoms with Crippen molar-refractivity contribution in [1.82, 2.24) is 0 Å². The molecule has 27 heavy (non-hydrogen) atoms. The second kappa shape index (κ2) is 9.38. The second-order valence-corrected chi connectivity index (χ2v) is 6.08. The molecule has 2 rings (SSSR count). The second-order valence-electron chi connectivity index (χ2n) is 6.08. The van der Waals surface area contributed by atoms with Crippen molar-refractivity contribution in [3.05, 3.63) is 54.1 Å². The van der Waals surface area contributed by atoms with Crippen LogP contribution in [0, 0.1) is 5.92 Å². The van der Waals surface area contributed by atoms with E-state index >= 15 is 0 Å². The highest BCUT2D eigenvalue weighted by atomic mass is 16.5. The molecule has 2 aromatic rings. The lowest BCUT2D eigenvalue weighted by atomic mass is 10.2. The largest absolute Gasteiger partial charge is 0.484 e. The number of carbonyl (C=O) groups is 3. The number of rotatable bonds is 7. The van der Waals surface area contributed by atoms with Crippen LogP contribution in [0.15, 0.2) is 48.5 Å². The van der Waals surface area contributed by atoms with Crippen LogP contribution in [0.1, 0.15) is 24.2 Å². The minimum Gasteiger partial charge on any atom is -0.484 e. The zero-order valence-electron chi connectivity index (χ0n) is 15.4. The van der Waals surface area contributed by atoms with Crippen LogP contribution in [0.25, 0.3) is 0 Å². The first-order chi connectivity index (χ1) is 12.9. The fourth-order valence-corrected chi connectivity index (χ4v) is 2.10. The summed E-state index contributed by atoms with van der Waals surface area (Å²) in [6.45, 7) is 3.41. The van der Waals surface area contributed by atoms with E-state index in [2.05, 4.69) is 15.4 Å². The van der Waals surface area contributed by atoms with Crippen LogP contribution in [0.4, 0.5) is 11.4 Å². The molecule has 0 radical (unpaired) electrons. The molecule has 0 fully saturated rings. The summed E-state index contributed by atoms with van der Waals surface area (Å²) >= 11 is 0. The molecule has 0 aromatic heterocycles. The van der Waals surface area contributed by atoms with Gasteiger partial charge >= 0.3 is 5.97 Å². The van der Waals surface area contributed by atoms with Crippen LogP contribution in [0.3, 0.4) is 0 Å². The quantitative estimate of drug-likeness (QED) is 0.731. The molecule has 0 aliphatic rings. The number of ether oxygens (including phenoxy) is 2. The molecule has 2 N–H and O–H groups in total. The Morgan fingerprint density at radius 1 is 0.963 bits per heavy atom. The number of anilines is 2. The summed E-state index contributed by atoms with van der Waals surface area (Å²) in [5.74, 6) is -0.558. The Morgan fingerprint density at radius 3 is 2.30 bits per heavy atom. The highest BCUT2D eigenvalue weighted by Gasteiger charge is 2.09. The lowest BCUT2D eigenvalue weighted by Gasteiger charge is -2.11.